The van der Waals surface area contributed by atoms with Crippen LogP contribution in [0.4, 0.5) is 0 Å². The van der Waals surface area contributed by atoms with E-state index in [-0.39, 0.29) is 23.8 Å². The SMILES string of the molecule is C=C[C@@H]1[C@@H](c2ccc3c(c2)CCO3)CN(CC(=O)N(CCN)CCCC)[C@H]1CCCN1CCCC1=O. The molecule has 0 aromatic heterocycles. The van der Waals surface area contributed by atoms with E-state index in [1.165, 1.54) is 11.1 Å². The molecule has 4 rings (SSSR count). The number of rotatable bonds is 13. The molecule has 3 aliphatic heterocycles. The van der Waals surface area contributed by atoms with Crippen LogP contribution in [0.5, 0.6) is 5.75 Å². The normalized spacial score (nSPS) is 23.7. The number of hydrogen-bond donors (Lipinski definition) is 1. The Bertz CT molecular complexity index is 920. The van der Waals surface area contributed by atoms with Gasteiger partial charge in [-0.2, -0.15) is 0 Å². The highest BCUT2D eigenvalue weighted by molar-refractivity contribution is 5.78. The van der Waals surface area contributed by atoms with Crippen LogP contribution >= 0.6 is 0 Å². The molecule has 198 valence electrons. The van der Waals surface area contributed by atoms with Gasteiger partial charge in [0.25, 0.3) is 0 Å². The van der Waals surface area contributed by atoms with Gasteiger partial charge in [-0.25, -0.2) is 0 Å². The average molecular weight is 497 g/mol. The summed E-state index contributed by atoms with van der Waals surface area (Å²) in [6, 6.07) is 6.83. The minimum atomic E-state index is 0.166. The molecule has 3 aliphatic rings. The molecule has 2 amide bonds. The Morgan fingerprint density at radius 3 is 2.86 bits per heavy atom. The third-order valence-corrected chi connectivity index (χ3v) is 8.19. The van der Waals surface area contributed by atoms with Crippen LogP contribution in [0.1, 0.15) is 62.5 Å². The largest absolute Gasteiger partial charge is 0.493 e. The number of amides is 2. The number of benzene rings is 1. The van der Waals surface area contributed by atoms with E-state index in [4.69, 9.17) is 10.5 Å². The lowest BCUT2D eigenvalue weighted by Gasteiger charge is -2.30. The third-order valence-electron chi connectivity index (χ3n) is 8.19. The van der Waals surface area contributed by atoms with E-state index in [0.717, 1.165) is 77.1 Å². The standard InChI is InChI=1S/C29H44N4O3/c1-3-5-14-32(17-13-30)29(35)21-33-20-25(22-10-11-27-23(19-22)12-18-36-27)24(4-2)26(33)8-6-15-31-16-7-9-28(31)34/h4,10-11,19,24-26H,2-3,5-9,12-18,20-21,30H2,1H3/t24-,25-,26+/m1/s1. The topological polar surface area (TPSA) is 79.1 Å². The van der Waals surface area contributed by atoms with E-state index in [2.05, 4.69) is 42.7 Å². The van der Waals surface area contributed by atoms with Crippen molar-refractivity contribution in [2.24, 2.45) is 11.7 Å². The number of nitrogens with two attached hydrogens (primary N) is 1. The summed E-state index contributed by atoms with van der Waals surface area (Å²) in [7, 11) is 0. The van der Waals surface area contributed by atoms with E-state index < -0.39 is 0 Å². The Balaban J connectivity index is 1.50. The lowest BCUT2D eigenvalue weighted by molar-refractivity contribution is -0.132. The summed E-state index contributed by atoms with van der Waals surface area (Å²) in [4.78, 5) is 31.8. The van der Waals surface area contributed by atoms with Crippen molar-refractivity contribution in [2.75, 3.05) is 52.4 Å². The predicted molar refractivity (Wildman–Crippen MR) is 143 cm³/mol. The van der Waals surface area contributed by atoms with Gasteiger partial charge < -0.3 is 20.3 Å². The number of carbonyl (C=O) groups excluding carboxylic acids is 2. The van der Waals surface area contributed by atoms with E-state index >= 15 is 0 Å². The van der Waals surface area contributed by atoms with E-state index in [1.54, 1.807) is 0 Å². The van der Waals surface area contributed by atoms with Crippen molar-refractivity contribution in [3.05, 3.63) is 42.0 Å². The quantitative estimate of drug-likeness (QED) is 0.425. The highest BCUT2D eigenvalue weighted by Gasteiger charge is 2.41. The zero-order valence-electron chi connectivity index (χ0n) is 22.0. The fourth-order valence-electron chi connectivity index (χ4n) is 6.24. The van der Waals surface area contributed by atoms with Crippen LogP contribution in [0.2, 0.25) is 0 Å². The van der Waals surface area contributed by atoms with Crippen LogP contribution in [-0.4, -0.2) is 85.0 Å². The van der Waals surface area contributed by atoms with Gasteiger partial charge in [0.2, 0.25) is 11.8 Å². The molecule has 2 fully saturated rings. The second-order valence-electron chi connectivity index (χ2n) is 10.5. The molecule has 1 aromatic carbocycles. The summed E-state index contributed by atoms with van der Waals surface area (Å²) in [5.74, 6) is 1.99. The van der Waals surface area contributed by atoms with Crippen molar-refractivity contribution in [3.8, 4) is 5.75 Å². The maximum Gasteiger partial charge on any atom is 0.236 e. The zero-order chi connectivity index (χ0) is 25.5. The van der Waals surface area contributed by atoms with Crippen molar-refractivity contribution < 1.29 is 14.3 Å². The van der Waals surface area contributed by atoms with Crippen LogP contribution in [0.15, 0.2) is 30.9 Å². The summed E-state index contributed by atoms with van der Waals surface area (Å²) in [5, 5.41) is 0. The van der Waals surface area contributed by atoms with E-state index in [9.17, 15) is 9.59 Å². The summed E-state index contributed by atoms with van der Waals surface area (Å²) in [6.45, 7) is 11.9. The summed E-state index contributed by atoms with van der Waals surface area (Å²) >= 11 is 0. The molecule has 36 heavy (non-hydrogen) atoms. The molecule has 2 saturated heterocycles. The average Bonchev–Trinajstić information content (AvgIpc) is 3.60. The van der Waals surface area contributed by atoms with E-state index in [1.807, 2.05) is 9.80 Å². The molecule has 1 aromatic rings. The lowest BCUT2D eigenvalue weighted by atomic mass is 9.83. The first-order chi connectivity index (χ1) is 17.5. The van der Waals surface area contributed by atoms with Crippen molar-refractivity contribution in [2.45, 2.75) is 63.8 Å². The molecule has 0 aliphatic carbocycles. The fourth-order valence-corrected chi connectivity index (χ4v) is 6.24. The molecule has 0 spiro atoms. The van der Waals surface area contributed by atoms with Gasteiger partial charge in [0.05, 0.1) is 13.2 Å². The molecular weight excluding hydrogens is 452 g/mol. The summed E-state index contributed by atoms with van der Waals surface area (Å²) in [6.07, 6.45) is 8.64. The van der Waals surface area contributed by atoms with Crippen molar-refractivity contribution in [1.82, 2.24) is 14.7 Å². The Labute approximate surface area is 216 Å². The molecule has 3 atom stereocenters. The third kappa shape index (κ3) is 6.12. The van der Waals surface area contributed by atoms with Gasteiger partial charge in [0.1, 0.15) is 5.75 Å². The molecule has 7 heteroatoms. The number of fused-ring (bicyclic) bond motifs is 1. The fraction of sp³-hybridized carbons (Fsp3) is 0.655. The Kier molecular flexibility index (Phi) is 9.43. The number of nitrogens with zero attached hydrogens (tertiary/aromatic N) is 3. The van der Waals surface area contributed by atoms with Crippen molar-refractivity contribution in [1.29, 1.82) is 0 Å². The van der Waals surface area contributed by atoms with Gasteiger partial charge in [-0.15, -0.1) is 6.58 Å². The first-order valence-corrected chi connectivity index (χ1v) is 13.9. The highest BCUT2D eigenvalue weighted by atomic mass is 16.5. The minimum absolute atomic E-state index is 0.166. The van der Waals surface area contributed by atoms with Crippen LogP contribution in [0, 0.1) is 5.92 Å². The predicted octanol–water partition coefficient (Wildman–Crippen LogP) is 3.18. The monoisotopic (exact) mass is 496 g/mol. The molecule has 2 N–H and O–H groups in total. The maximum atomic E-state index is 13.4. The van der Waals surface area contributed by atoms with Crippen LogP contribution in [-0.2, 0) is 16.0 Å². The summed E-state index contributed by atoms with van der Waals surface area (Å²) in [5.41, 5.74) is 8.42. The van der Waals surface area contributed by atoms with Gasteiger partial charge in [-0.05, 0) is 42.9 Å². The lowest BCUT2D eigenvalue weighted by Crippen LogP contribution is -2.45. The molecule has 3 heterocycles. The molecule has 7 nitrogen and oxygen atoms in total. The van der Waals surface area contributed by atoms with Crippen LogP contribution in [0.3, 0.4) is 0 Å². The number of likely N-dealkylation sites (tertiary alicyclic amines) is 2. The smallest absolute Gasteiger partial charge is 0.236 e. The second-order valence-corrected chi connectivity index (χ2v) is 10.5. The van der Waals surface area contributed by atoms with Crippen LogP contribution < -0.4 is 10.5 Å². The second kappa shape index (κ2) is 12.7. The first-order valence-electron chi connectivity index (χ1n) is 13.9. The number of unbranched alkanes of at least 4 members (excludes halogenated alkanes) is 1. The maximum absolute atomic E-state index is 13.4. The summed E-state index contributed by atoms with van der Waals surface area (Å²) < 4.78 is 5.73. The molecular formula is C29H44N4O3. The number of ether oxygens (including phenoxy) is 1. The minimum Gasteiger partial charge on any atom is -0.493 e. The number of carbonyl (C=O) groups is 2. The van der Waals surface area contributed by atoms with Gasteiger partial charge in [-0.3, -0.25) is 14.5 Å². The van der Waals surface area contributed by atoms with Crippen molar-refractivity contribution in [3.63, 3.8) is 0 Å². The van der Waals surface area contributed by atoms with Gasteiger partial charge in [-0.1, -0.05) is 31.6 Å². The molecule has 0 radical (unpaired) electrons. The van der Waals surface area contributed by atoms with Gasteiger partial charge in [0.15, 0.2) is 0 Å². The molecule has 0 unspecified atom stereocenters. The number of hydrogen-bond acceptors (Lipinski definition) is 5. The molecule has 0 saturated carbocycles. The van der Waals surface area contributed by atoms with Crippen LogP contribution in [0.25, 0.3) is 0 Å². The Morgan fingerprint density at radius 2 is 2.14 bits per heavy atom. The van der Waals surface area contributed by atoms with E-state index in [0.29, 0.717) is 32.0 Å². The van der Waals surface area contributed by atoms with Gasteiger partial charge in [0, 0.05) is 70.0 Å². The van der Waals surface area contributed by atoms with Crippen molar-refractivity contribution >= 4 is 11.8 Å². The Hall–Kier alpha value is -2.38. The highest BCUT2D eigenvalue weighted by Crippen LogP contribution is 2.41. The first kappa shape index (κ1) is 26.7. The zero-order valence-corrected chi connectivity index (χ0v) is 22.0. The molecule has 0 bridgehead atoms. The van der Waals surface area contributed by atoms with Gasteiger partial charge >= 0.3 is 0 Å². The Morgan fingerprint density at radius 1 is 1.28 bits per heavy atom.